The molecule has 1 fully saturated rings. The molecule has 128 valence electrons. The number of likely N-dealkylation sites (N-methyl/N-ethyl adjacent to an activating group) is 1. The van der Waals surface area contributed by atoms with Gasteiger partial charge in [0.05, 0.1) is 13.1 Å². The van der Waals surface area contributed by atoms with Crippen molar-refractivity contribution >= 4 is 11.8 Å². The summed E-state index contributed by atoms with van der Waals surface area (Å²) in [6.07, 6.45) is 2.12. The molecule has 0 radical (unpaired) electrons. The van der Waals surface area contributed by atoms with Crippen molar-refractivity contribution in [3.63, 3.8) is 0 Å². The van der Waals surface area contributed by atoms with E-state index in [9.17, 15) is 9.59 Å². The van der Waals surface area contributed by atoms with Crippen molar-refractivity contribution in [1.29, 1.82) is 0 Å². The van der Waals surface area contributed by atoms with Gasteiger partial charge in [-0.15, -0.1) is 10.2 Å². The zero-order chi connectivity index (χ0) is 16.8. The second-order valence-electron chi connectivity index (χ2n) is 5.80. The van der Waals surface area contributed by atoms with Crippen LogP contribution in [0.2, 0.25) is 0 Å². The van der Waals surface area contributed by atoms with E-state index in [1.165, 1.54) is 0 Å². The fourth-order valence-electron chi connectivity index (χ4n) is 2.70. The summed E-state index contributed by atoms with van der Waals surface area (Å²) < 4.78 is 5.46. The lowest BCUT2D eigenvalue weighted by molar-refractivity contribution is -0.133. The fraction of sp³-hybridized carbons (Fsp3) is 0.733. The van der Waals surface area contributed by atoms with E-state index in [0.29, 0.717) is 37.8 Å². The lowest BCUT2D eigenvalue weighted by Crippen LogP contribution is -2.44. The van der Waals surface area contributed by atoms with Crippen LogP contribution in [-0.4, -0.2) is 58.0 Å². The van der Waals surface area contributed by atoms with E-state index in [2.05, 4.69) is 15.1 Å². The quantitative estimate of drug-likeness (QED) is 0.767. The molecule has 2 N–H and O–H groups in total. The molecule has 2 amide bonds. The Bertz CT molecular complexity index is 537. The van der Waals surface area contributed by atoms with Gasteiger partial charge in [-0.2, -0.15) is 0 Å². The van der Waals surface area contributed by atoms with E-state index in [0.717, 1.165) is 25.9 Å². The molecule has 0 aromatic carbocycles. The average molecular weight is 323 g/mol. The number of hydrogen-bond donors (Lipinski definition) is 1. The number of nitrogens with two attached hydrogens (primary N) is 1. The number of carbonyl (C=O) groups is 2. The van der Waals surface area contributed by atoms with Crippen LogP contribution in [0.5, 0.6) is 0 Å². The fourth-order valence-corrected chi connectivity index (χ4v) is 2.70. The summed E-state index contributed by atoms with van der Waals surface area (Å²) in [4.78, 5) is 27.4. The molecule has 0 unspecified atom stereocenters. The summed E-state index contributed by atoms with van der Waals surface area (Å²) in [6, 6.07) is 0. The van der Waals surface area contributed by atoms with Crippen LogP contribution in [0.3, 0.4) is 0 Å². The van der Waals surface area contributed by atoms with Gasteiger partial charge in [-0.3, -0.25) is 14.5 Å². The summed E-state index contributed by atoms with van der Waals surface area (Å²) in [7, 11) is 0. The molecule has 0 atom stereocenters. The van der Waals surface area contributed by atoms with Crippen LogP contribution in [0.1, 0.15) is 38.5 Å². The normalized spacial score (nSPS) is 16.4. The van der Waals surface area contributed by atoms with Crippen LogP contribution in [0, 0.1) is 5.92 Å². The molecule has 0 spiro atoms. The third kappa shape index (κ3) is 4.75. The number of carbonyl (C=O) groups excluding carboxylic acids is 2. The highest BCUT2D eigenvalue weighted by Gasteiger charge is 2.25. The summed E-state index contributed by atoms with van der Waals surface area (Å²) in [5.41, 5.74) is 5.33. The highest BCUT2D eigenvalue weighted by molar-refractivity contribution is 5.78. The number of hydrogen-bond acceptors (Lipinski definition) is 6. The van der Waals surface area contributed by atoms with E-state index in [1.54, 1.807) is 4.90 Å². The van der Waals surface area contributed by atoms with Crippen LogP contribution in [0.4, 0.5) is 0 Å². The van der Waals surface area contributed by atoms with Gasteiger partial charge >= 0.3 is 0 Å². The van der Waals surface area contributed by atoms with Gasteiger partial charge in [-0.25, -0.2) is 0 Å². The Balaban J connectivity index is 1.84. The van der Waals surface area contributed by atoms with Crippen molar-refractivity contribution in [2.24, 2.45) is 11.7 Å². The molecule has 1 aromatic heterocycles. The largest absolute Gasteiger partial charge is 0.423 e. The highest BCUT2D eigenvalue weighted by Crippen LogP contribution is 2.16. The average Bonchev–Trinajstić information content (AvgIpc) is 3.00. The van der Waals surface area contributed by atoms with Gasteiger partial charge in [-0.05, 0) is 32.9 Å². The minimum Gasteiger partial charge on any atom is -0.423 e. The predicted molar refractivity (Wildman–Crippen MR) is 83.1 cm³/mol. The standard InChI is InChI=1S/C15H25N5O3/c1-3-12-17-18-13(23-12)9-20(4-2)14(21)10-19-7-5-11(6-8-19)15(16)22/h11H,3-10H2,1-2H3,(H2,16,22). The Hall–Kier alpha value is -1.96. The summed E-state index contributed by atoms with van der Waals surface area (Å²) >= 11 is 0. The van der Waals surface area contributed by atoms with Gasteiger partial charge in [0.25, 0.3) is 0 Å². The van der Waals surface area contributed by atoms with Gasteiger partial charge in [0.1, 0.15) is 0 Å². The van der Waals surface area contributed by atoms with Gasteiger partial charge < -0.3 is 15.1 Å². The molecule has 0 bridgehead atoms. The highest BCUT2D eigenvalue weighted by atomic mass is 16.4. The Morgan fingerprint density at radius 2 is 1.91 bits per heavy atom. The van der Waals surface area contributed by atoms with Gasteiger partial charge in [-0.1, -0.05) is 6.92 Å². The SMILES string of the molecule is CCc1nnc(CN(CC)C(=O)CN2CCC(C(N)=O)CC2)o1. The lowest BCUT2D eigenvalue weighted by Gasteiger charge is -2.31. The summed E-state index contributed by atoms with van der Waals surface area (Å²) in [6.45, 7) is 6.56. The van der Waals surface area contributed by atoms with Crippen molar-refractivity contribution in [2.45, 2.75) is 39.7 Å². The lowest BCUT2D eigenvalue weighted by atomic mass is 9.96. The minimum absolute atomic E-state index is 0.0290. The number of aromatic nitrogens is 2. The number of aryl methyl sites for hydroxylation is 1. The van der Waals surface area contributed by atoms with Gasteiger partial charge in [0.15, 0.2) is 0 Å². The molecule has 0 saturated carbocycles. The van der Waals surface area contributed by atoms with E-state index in [-0.39, 0.29) is 17.7 Å². The van der Waals surface area contributed by atoms with Crippen LogP contribution >= 0.6 is 0 Å². The zero-order valence-electron chi connectivity index (χ0n) is 13.8. The second-order valence-corrected chi connectivity index (χ2v) is 5.80. The molecule has 1 aliphatic rings. The molecular weight excluding hydrogens is 298 g/mol. The van der Waals surface area contributed by atoms with Crippen LogP contribution in [0.25, 0.3) is 0 Å². The van der Waals surface area contributed by atoms with Crippen molar-refractivity contribution in [3.05, 3.63) is 11.8 Å². The Kier molecular flexibility index (Phi) is 6.09. The molecule has 1 aromatic rings. The van der Waals surface area contributed by atoms with Crippen molar-refractivity contribution in [3.8, 4) is 0 Å². The molecule has 0 aliphatic carbocycles. The molecule has 23 heavy (non-hydrogen) atoms. The molecular formula is C15H25N5O3. The molecule has 8 nitrogen and oxygen atoms in total. The first-order chi connectivity index (χ1) is 11.0. The monoisotopic (exact) mass is 323 g/mol. The van der Waals surface area contributed by atoms with Crippen molar-refractivity contribution < 1.29 is 14.0 Å². The van der Waals surface area contributed by atoms with Gasteiger partial charge in [0.2, 0.25) is 23.6 Å². The molecule has 2 rings (SSSR count). The molecule has 1 aliphatic heterocycles. The van der Waals surface area contributed by atoms with Gasteiger partial charge in [0, 0.05) is 18.9 Å². The Labute approximate surface area is 136 Å². The number of likely N-dealkylation sites (tertiary alicyclic amines) is 1. The predicted octanol–water partition coefficient (Wildman–Crippen LogP) is 0.178. The number of amides is 2. The first kappa shape index (κ1) is 17.4. The van der Waals surface area contributed by atoms with E-state index < -0.39 is 0 Å². The van der Waals surface area contributed by atoms with Crippen molar-refractivity contribution in [1.82, 2.24) is 20.0 Å². The number of rotatable bonds is 7. The first-order valence-corrected chi connectivity index (χ1v) is 8.14. The third-order valence-corrected chi connectivity index (χ3v) is 4.22. The number of piperidine rings is 1. The summed E-state index contributed by atoms with van der Waals surface area (Å²) in [5, 5.41) is 7.87. The topological polar surface area (TPSA) is 106 Å². The smallest absolute Gasteiger partial charge is 0.237 e. The maximum absolute atomic E-state index is 12.4. The van der Waals surface area contributed by atoms with E-state index in [1.807, 2.05) is 13.8 Å². The zero-order valence-corrected chi connectivity index (χ0v) is 13.8. The molecule has 2 heterocycles. The van der Waals surface area contributed by atoms with Crippen LogP contribution < -0.4 is 5.73 Å². The first-order valence-electron chi connectivity index (χ1n) is 8.14. The van der Waals surface area contributed by atoms with E-state index in [4.69, 9.17) is 10.2 Å². The van der Waals surface area contributed by atoms with Crippen molar-refractivity contribution in [2.75, 3.05) is 26.2 Å². The van der Waals surface area contributed by atoms with E-state index >= 15 is 0 Å². The maximum Gasteiger partial charge on any atom is 0.237 e. The maximum atomic E-state index is 12.4. The molecule has 1 saturated heterocycles. The molecule has 8 heteroatoms. The Morgan fingerprint density at radius 3 is 2.43 bits per heavy atom. The second kappa shape index (κ2) is 8.05. The van der Waals surface area contributed by atoms with Crippen LogP contribution in [0.15, 0.2) is 4.42 Å². The third-order valence-electron chi connectivity index (χ3n) is 4.22. The number of nitrogens with zero attached hydrogens (tertiary/aromatic N) is 4. The Morgan fingerprint density at radius 1 is 1.26 bits per heavy atom. The number of primary amides is 1. The minimum atomic E-state index is -0.241. The van der Waals surface area contributed by atoms with Crippen LogP contribution in [-0.2, 0) is 22.6 Å². The summed E-state index contributed by atoms with van der Waals surface area (Å²) in [5.74, 6) is 0.770.